The van der Waals surface area contributed by atoms with Crippen molar-refractivity contribution in [1.82, 2.24) is 0 Å². The van der Waals surface area contributed by atoms with Gasteiger partial charge >= 0.3 is 11.9 Å². The number of fused-ring (bicyclic) bond motifs is 1. The van der Waals surface area contributed by atoms with Gasteiger partial charge in [-0.15, -0.1) is 0 Å². The lowest BCUT2D eigenvalue weighted by molar-refractivity contribution is -0.137. The molecule has 2 fully saturated rings. The summed E-state index contributed by atoms with van der Waals surface area (Å²) >= 11 is 0. The van der Waals surface area contributed by atoms with Gasteiger partial charge in [-0.25, -0.2) is 9.59 Å². The van der Waals surface area contributed by atoms with Gasteiger partial charge in [0.05, 0.1) is 38.1 Å². The Kier molecular flexibility index (Phi) is 8.28. The lowest BCUT2D eigenvalue weighted by atomic mass is 10.0. The van der Waals surface area contributed by atoms with Crippen LogP contribution in [-0.2, 0) is 23.7 Å². The van der Waals surface area contributed by atoms with E-state index >= 15 is 0 Å². The third-order valence-electron chi connectivity index (χ3n) is 5.32. The van der Waals surface area contributed by atoms with E-state index in [0.29, 0.717) is 43.7 Å². The van der Waals surface area contributed by atoms with Crippen LogP contribution in [0.3, 0.4) is 0 Å². The molecule has 164 valence electrons. The number of hydrogen-bond acceptors (Lipinski definition) is 7. The average molecular weight is 418 g/mol. The van der Waals surface area contributed by atoms with Crippen LogP contribution in [0.15, 0.2) is 36.9 Å². The fourth-order valence-corrected chi connectivity index (χ4v) is 3.63. The monoisotopic (exact) mass is 418 g/mol. The summed E-state index contributed by atoms with van der Waals surface area (Å²) in [5.41, 5.74) is 0.478. The maximum atomic E-state index is 12.4. The molecule has 0 spiro atoms. The normalized spacial score (nSPS) is 24.8. The van der Waals surface area contributed by atoms with Gasteiger partial charge in [-0.1, -0.05) is 13.5 Å². The zero-order valence-corrected chi connectivity index (χ0v) is 17.4. The van der Waals surface area contributed by atoms with Crippen molar-refractivity contribution < 1.29 is 33.3 Å². The van der Waals surface area contributed by atoms with Crippen molar-refractivity contribution >= 4 is 11.9 Å². The second-order valence-electron chi connectivity index (χ2n) is 7.68. The third kappa shape index (κ3) is 6.06. The number of benzene rings is 1. The molecule has 2 saturated heterocycles. The molecule has 3 rings (SSSR count). The summed E-state index contributed by atoms with van der Waals surface area (Å²) in [5.74, 6) is 0.276. The van der Waals surface area contributed by atoms with Gasteiger partial charge in [-0.05, 0) is 49.9 Å². The predicted molar refractivity (Wildman–Crippen MR) is 109 cm³/mol. The van der Waals surface area contributed by atoms with E-state index in [0.717, 1.165) is 25.7 Å². The first-order chi connectivity index (χ1) is 14.6. The summed E-state index contributed by atoms with van der Waals surface area (Å²) in [5, 5.41) is 0. The van der Waals surface area contributed by atoms with Gasteiger partial charge in [0.1, 0.15) is 11.9 Å². The fraction of sp³-hybridized carbons (Fsp3) is 0.565. The van der Waals surface area contributed by atoms with E-state index in [4.69, 9.17) is 23.7 Å². The van der Waals surface area contributed by atoms with Crippen LogP contribution < -0.4 is 4.74 Å². The van der Waals surface area contributed by atoms with Gasteiger partial charge in [0.15, 0.2) is 6.10 Å². The first kappa shape index (κ1) is 22.3. The molecule has 0 aliphatic carbocycles. The Morgan fingerprint density at radius 3 is 2.47 bits per heavy atom. The van der Waals surface area contributed by atoms with E-state index in [1.807, 2.05) is 0 Å². The van der Waals surface area contributed by atoms with Crippen molar-refractivity contribution in [2.75, 3.05) is 26.4 Å². The molecule has 7 nitrogen and oxygen atoms in total. The predicted octanol–water partition coefficient (Wildman–Crippen LogP) is 3.31. The van der Waals surface area contributed by atoms with Crippen molar-refractivity contribution in [3.63, 3.8) is 0 Å². The molecule has 0 unspecified atom stereocenters. The number of hydrogen-bond donors (Lipinski definition) is 0. The van der Waals surface area contributed by atoms with E-state index in [2.05, 4.69) is 13.5 Å². The number of esters is 2. The second kappa shape index (κ2) is 11.1. The molecule has 1 aromatic rings. The molecule has 0 saturated carbocycles. The minimum Gasteiger partial charge on any atom is -0.494 e. The Morgan fingerprint density at radius 1 is 1.03 bits per heavy atom. The Morgan fingerprint density at radius 2 is 1.73 bits per heavy atom. The summed E-state index contributed by atoms with van der Waals surface area (Å²) in [7, 11) is 0. The van der Waals surface area contributed by atoms with E-state index in [9.17, 15) is 9.59 Å². The van der Waals surface area contributed by atoms with E-state index in [1.165, 1.54) is 6.08 Å². The van der Waals surface area contributed by atoms with Gasteiger partial charge in [0.25, 0.3) is 0 Å². The van der Waals surface area contributed by atoms with E-state index in [1.54, 1.807) is 24.3 Å². The summed E-state index contributed by atoms with van der Waals surface area (Å²) in [4.78, 5) is 23.3. The van der Waals surface area contributed by atoms with Crippen LogP contribution in [-0.4, -0.2) is 56.7 Å². The van der Waals surface area contributed by atoms with Crippen LogP contribution in [0.25, 0.3) is 0 Å². The number of carbonyl (C=O) groups is 2. The molecule has 0 N–H and O–H groups in total. The van der Waals surface area contributed by atoms with Crippen LogP contribution >= 0.6 is 0 Å². The van der Waals surface area contributed by atoms with Gasteiger partial charge in [-0.2, -0.15) is 0 Å². The molecule has 2 heterocycles. The van der Waals surface area contributed by atoms with Gasteiger partial charge in [0.2, 0.25) is 0 Å². The van der Waals surface area contributed by atoms with E-state index in [-0.39, 0.29) is 30.3 Å². The lowest BCUT2D eigenvalue weighted by Gasteiger charge is -2.17. The van der Waals surface area contributed by atoms with Crippen molar-refractivity contribution in [2.24, 2.45) is 5.92 Å². The van der Waals surface area contributed by atoms with Crippen LogP contribution in [0.4, 0.5) is 0 Å². The third-order valence-corrected chi connectivity index (χ3v) is 5.32. The molecule has 1 aromatic carbocycles. The summed E-state index contributed by atoms with van der Waals surface area (Å²) in [6.07, 6.45) is 4.35. The fourth-order valence-electron chi connectivity index (χ4n) is 3.63. The van der Waals surface area contributed by atoms with Crippen LogP contribution in [0.1, 0.15) is 43.0 Å². The Hall–Kier alpha value is -2.38. The minimum atomic E-state index is -0.382. The highest BCUT2D eigenvalue weighted by molar-refractivity contribution is 5.89. The molecule has 0 bridgehead atoms. The molecule has 4 atom stereocenters. The SMILES string of the molecule is C=CC(=O)OCCCCCCOc1ccc(C(=O)O[C@H]2CO[C@H]3[C@@H]2OC[C@H]3C)cc1. The summed E-state index contributed by atoms with van der Waals surface area (Å²) in [6.45, 7) is 7.46. The number of ether oxygens (including phenoxy) is 5. The Bertz CT molecular complexity index is 715. The zero-order valence-electron chi connectivity index (χ0n) is 17.4. The van der Waals surface area contributed by atoms with Crippen molar-refractivity contribution in [2.45, 2.75) is 50.9 Å². The smallest absolute Gasteiger partial charge is 0.338 e. The van der Waals surface area contributed by atoms with Gasteiger partial charge < -0.3 is 23.7 Å². The topological polar surface area (TPSA) is 80.3 Å². The molecule has 2 aliphatic heterocycles. The quantitative estimate of drug-likeness (QED) is 0.310. The molecular weight excluding hydrogens is 388 g/mol. The first-order valence-corrected chi connectivity index (χ1v) is 10.5. The van der Waals surface area contributed by atoms with E-state index < -0.39 is 0 Å². The molecule has 0 aromatic heterocycles. The minimum absolute atomic E-state index is 0.0146. The zero-order chi connectivity index (χ0) is 21.3. The number of unbranched alkanes of at least 4 members (excludes halogenated alkanes) is 3. The van der Waals surface area contributed by atoms with Crippen molar-refractivity contribution in [3.8, 4) is 5.75 Å². The average Bonchev–Trinajstić information content (AvgIpc) is 3.33. The maximum Gasteiger partial charge on any atom is 0.338 e. The Balaban J connectivity index is 1.31. The lowest BCUT2D eigenvalue weighted by Crippen LogP contribution is -2.32. The van der Waals surface area contributed by atoms with Crippen LogP contribution in [0, 0.1) is 5.92 Å². The highest BCUT2D eigenvalue weighted by atomic mass is 16.6. The second-order valence-corrected chi connectivity index (χ2v) is 7.68. The van der Waals surface area contributed by atoms with Crippen LogP contribution in [0.2, 0.25) is 0 Å². The largest absolute Gasteiger partial charge is 0.494 e. The van der Waals surface area contributed by atoms with Crippen LogP contribution in [0.5, 0.6) is 5.75 Å². The Labute approximate surface area is 177 Å². The molecule has 0 amide bonds. The van der Waals surface area contributed by atoms with Gasteiger partial charge in [-0.3, -0.25) is 0 Å². The molecule has 0 radical (unpaired) electrons. The maximum absolute atomic E-state index is 12.4. The molecule has 2 aliphatic rings. The number of rotatable bonds is 11. The molecule has 30 heavy (non-hydrogen) atoms. The van der Waals surface area contributed by atoms with Crippen molar-refractivity contribution in [3.05, 3.63) is 42.5 Å². The highest BCUT2D eigenvalue weighted by Crippen LogP contribution is 2.32. The molecule has 7 heteroatoms. The van der Waals surface area contributed by atoms with Gasteiger partial charge in [0, 0.05) is 12.0 Å². The first-order valence-electron chi connectivity index (χ1n) is 10.5. The number of carbonyl (C=O) groups excluding carboxylic acids is 2. The highest BCUT2D eigenvalue weighted by Gasteiger charge is 2.47. The standard InChI is InChI=1S/C23H30O7/c1-3-20(24)27-13-7-5-4-6-12-26-18-10-8-17(9-11-18)23(25)30-19-15-29-21-16(2)14-28-22(19)21/h3,8-11,16,19,21-22H,1,4-7,12-15H2,2H3/t16-,19+,21-,22-/m1/s1. The van der Waals surface area contributed by atoms with Crippen molar-refractivity contribution in [1.29, 1.82) is 0 Å². The summed E-state index contributed by atoms with van der Waals surface area (Å²) < 4.78 is 27.7. The summed E-state index contributed by atoms with van der Waals surface area (Å²) in [6, 6.07) is 6.95. The molecular formula is C23H30O7.